The molecular weight excluding hydrogens is 487 g/mol. The lowest BCUT2D eigenvalue weighted by Gasteiger charge is -2.34. The molecule has 1 atom stereocenters. The maximum absolute atomic E-state index is 2.45. The summed E-state index contributed by atoms with van der Waals surface area (Å²) in [6, 6.07) is 33.5. The lowest BCUT2D eigenvalue weighted by molar-refractivity contribution is 0.768. The van der Waals surface area contributed by atoms with Gasteiger partial charge in [-0.15, -0.1) is 0 Å². The zero-order valence-electron chi connectivity index (χ0n) is 17.1. The van der Waals surface area contributed by atoms with Crippen LogP contribution in [0.4, 0.5) is 0 Å². The summed E-state index contributed by atoms with van der Waals surface area (Å²) in [6.45, 7) is 0. The standard InChI is InChI=1S/C30H21I/c31-25-14-8-13-24(17-18-25)30(23-11-2-1-3-12-23)28-16-7-6-15-26(28)27-19-21-9-4-5-10-22(21)20-29(27)30/h1-13,15-20H,14H2. The van der Waals surface area contributed by atoms with Gasteiger partial charge >= 0.3 is 0 Å². The topological polar surface area (TPSA) is 0 Å². The second-order valence-corrected chi connectivity index (χ2v) is 9.63. The van der Waals surface area contributed by atoms with Gasteiger partial charge in [-0.2, -0.15) is 0 Å². The first-order valence-corrected chi connectivity index (χ1v) is 11.8. The summed E-state index contributed by atoms with van der Waals surface area (Å²) in [6.07, 6.45) is 10.2. The van der Waals surface area contributed by atoms with E-state index >= 15 is 0 Å². The summed E-state index contributed by atoms with van der Waals surface area (Å²) in [5, 5.41) is 2.58. The van der Waals surface area contributed by atoms with Gasteiger partial charge in [-0.1, -0.05) is 103 Å². The molecule has 148 valence electrons. The Bertz CT molecular complexity index is 1410. The van der Waals surface area contributed by atoms with Crippen molar-refractivity contribution in [2.45, 2.75) is 11.8 Å². The number of benzene rings is 4. The van der Waals surface area contributed by atoms with Gasteiger partial charge in [-0.05, 0) is 88.9 Å². The van der Waals surface area contributed by atoms with Crippen molar-refractivity contribution >= 4 is 33.4 Å². The van der Waals surface area contributed by atoms with Crippen molar-refractivity contribution in [2.24, 2.45) is 0 Å². The highest BCUT2D eigenvalue weighted by Gasteiger charge is 2.46. The van der Waals surface area contributed by atoms with Crippen LogP contribution < -0.4 is 0 Å². The Labute approximate surface area is 196 Å². The summed E-state index contributed by atoms with van der Waals surface area (Å²) in [5.74, 6) is 0. The zero-order valence-corrected chi connectivity index (χ0v) is 19.2. The third-order valence-corrected chi connectivity index (χ3v) is 7.40. The molecule has 0 aromatic heterocycles. The van der Waals surface area contributed by atoms with E-state index in [0.717, 1.165) is 6.42 Å². The molecule has 0 nitrogen and oxygen atoms in total. The highest BCUT2D eigenvalue weighted by atomic mass is 127. The van der Waals surface area contributed by atoms with E-state index in [1.165, 1.54) is 47.7 Å². The Hall–Kier alpha value is -2.91. The molecule has 0 fully saturated rings. The summed E-state index contributed by atoms with van der Waals surface area (Å²) < 4.78 is 1.36. The Kier molecular flexibility index (Phi) is 4.46. The first-order valence-electron chi connectivity index (χ1n) is 10.7. The van der Waals surface area contributed by atoms with Crippen molar-refractivity contribution < 1.29 is 0 Å². The maximum atomic E-state index is 2.45. The molecule has 2 aliphatic rings. The molecule has 2 aliphatic carbocycles. The van der Waals surface area contributed by atoms with Crippen molar-refractivity contribution in [3.05, 3.63) is 141 Å². The molecule has 0 spiro atoms. The minimum atomic E-state index is -0.328. The third-order valence-electron chi connectivity index (χ3n) is 6.60. The second kappa shape index (κ2) is 7.35. The molecule has 0 amide bonds. The van der Waals surface area contributed by atoms with Crippen LogP contribution in [0.5, 0.6) is 0 Å². The summed E-state index contributed by atoms with van der Waals surface area (Å²) >= 11 is 2.45. The number of allylic oxidation sites excluding steroid dienone is 6. The molecule has 0 heterocycles. The van der Waals surface area contributed by atoms with Gasteiger partial charge in [-0.3, -0.25) is 0 Å². The number of rotatable bonds is 2. The molecule has 0 radical (unpaired) electrons. The number of fused-ring (bicyclic) bond motifs is 4. The summed E-state index contributed by atoms with van der Waals surface area (Å²) in [4.78, 5) is 0. The average Bonchev–Trinajstić information content (AvgIpc) is 2.92. The van der Waals surface area contributed by atoms with Crippen LogP contribution in [0.3, 0.4) is 0 Å². The molecule has 6 rings (SSSR count). The molecule has 0 saturated carbocycles. The third kappa shape index (κ3) is 2.80. The van der Waals surface area contributed by atoms with Crippen molar-refractivity contribution in [1.82, 2.24) is 0 Å². The van der Waals surface area contributed by atoms with E-state index in [4.69, 9.17) is 0 Å². The molecule has 1 heteroatoms. The normalized spacial score (nSPS) is 19.4. The second-order valence-electron chi connectivity index (χ2n) is 8.25. The average molecular weight is 508 g/mol. The molecule has 0 saturated heterocycles. The summed E-state index contributed by atoms with van der Waals surface area (Å²) in [5.41, 5.74) is 7.74. The molecule has 4 aromatic rings. The van der Waals surface area contributed by atoms with Gasteiger partial charge in [-0.25, -0.2) is 0 Å². The van der Waals surface area contributed by atoms with Crippen molar-refractivity contribution in [3.8, 4) is 11.1 Å². The van der Waals surface area contributed by atoms with Crippen LogP contribution in [0.25, 0.3) is 21.9 Å². The Morgan fingerprint density at radius 3 is 2.19 bits per heavy atom. The highest BCUT2D eigenvalue weighted by molar-refractivity contribution is 14.1. The first kappa shape index (κ1) is 18.8. The van der Waals surface area contributed by atoms with Crippen LogP contribution in [0, 0.1) is 0 Å². The van der Waals surface area contributed by atoms with Crippen LogP contribution >= 0.6 is 22.6 Å². The van der Waals surface area contributed by atoms with Gasteiger partial charge in [0.05, 0.1) is 5.41 Å². The minimum Gasteiger partial charge on any atom is -0.0793 e. The van der Waals surface area contributed by atoms with Gasteiger partial charge in [0.2, 0.25) is 0 Å². The van der Waals surface area contributed by atoms with Gasteiger partial charge < -0.3 is 0 Å². The fourth-order valence-corrected chi connectivity index (χ4v) is 5.73. The van der Waals surface area contributed by atoms with Crippen LogP contribution in [0.15, 0.2) is 124 Å². The highest BCUT2D eigenvalue weighted by Crippen LogP contribution is 2.57. The van der Waals surface area contributed by atoms with Gasteiger partial charge in [0.25, 0.3) is 0 Å². The number of halogens is 1. The van der Waals surface area contributed by atoms with Crippen molar-refractivity contribution in [3.63, 3.8) is 0 Å². The largest absolute Gasteiger partial charge is 0.0793 e. The Balaban J connectivity index is 1.80. The summed E-state index contributed by atoms with van der Waals surface area (Å²) in [7, 11) is 0. The predicted octanol–water partition coefficient (Wildman–Crippen LogP) is 8.36. The predicted molar refractivity (Wildman–Crippen MR) is 140 cm³/mol. The van der Waals surface area contributed by atoms with Crippen molar-refractivity contribution in [1.29, 1.82) is 0 Å². The van der Waals surface area contributed by atoms with E-state index in [1.807, 2.05) is 0 Å². The monoisotopic (exact) mass is 508 g/mol. The fourth-order valence-electron chi connectivity index (χ4n) is 5.29. The number of hydrogen-bond donors (Lipinski definition) is 0. The molecule has 0 N–H and O–H groups in total. The van der Waals surface area contributed by atoms with Crippen LogP contribution in [0.2, 0.25) is 0 Å². The Morgan fingerprint density at radius 1 is 0.645 bits per heavy atom. The quantitative estimate of drug-likeness (QED) is 0.239. The lowest BCUT2D eigenvalue weighted by atomic mass is 9.67. The van der Waals surface area contributed by atoms with Crippen LogP contribution in [-0.4, -0.2) is 0 Å². The molecule has 4 aromatic carbocycles. The Morgan fingerprint density at radius 2 is 1.35 bits per heavy atom. The minimum absolute atomic E-state index is 0.328. The number of hydrogen-bond acceptors (Lipinski definition) is 0. The molecule has 0 aliphatic heterocycles. The van der Waals surface area contributed by atoms with E-state index in [1.54, 1.807) is 0 Å². The maximum Gasteiger partial charge on any atom is 0.0713 e. The smallest absolute Gasteiger partial charge is 0.0713 e. The fraction of sp³-hybridized carbons (Fsp3) is 0.0667. The van der Waals surface area contributed by atoms with E-state index in [-0.39, 0.29) is 5.41 Å². The molecular formula is C30H21I. The van der Waals surface area contributed by atoms with Gasteiger partial charge in [0.15, 0.2) is 0 Å². The lowest BCUT2D eigenvalue weighted by Crippen LogP contribution is -2.29. The van der Waals surface area contributed by atoms with Gasteiger partial charge in [0.1, 0.15) is 0 Å². The van der Waals surface area contributed by atoms with Crippen LogP contribution in [0.1, 0.15) is 23.1 Å². The van der Waals surface area contributed by atoms with Crippen LogP contribution in [-0.2, 0) is 5.41 Å². The van der Waals surface area contributed by atoms with E-state index in [0.29, 0.717) is 0 Å². The van der Waals surface area contributed by atoms with Crippen molar-refractivity contribution in [2.75, 3.05) is 0 Å². The van der Waals surface area contributed by atoms with E-state index in [2.05, 4.69) is 138 Å². The zero-order chi connectivity index (χ0) is 20.8. The first-order chi connectivity index (χ1) is 15.3. The molecule has 31 heavy (non-hydrogen) atoms. The molecule has 0 bridgehead atoms. The van der Waals surface area contributed by atoms with E-state index in [9.17, 15) is 0 Å². The van der Waals surface area contributed by atoms with E-state index < -0.39 is 0 Å². The molecule has 1 unspecified atom stereocenters. The van der Waals surface area contributed by atoms with Gasteiger partial charge in [0, 0.05) is 0 Å². The SMILES string of the molecule is IC1=CC=C(C2(c3ccccc3)c3ccccc3-c3cc4ccccc4cc32)C=CC1.